The van der Waals surface area contributed by atoms with E-state index in [-0.39, 0.29) is 24.5 Å². The Morgan fingerprint density at radius 2 is 1.37 bits per heavy atom. The lowest BCUT2D eigenvalue weighted by atomic mass is 9.99. The summed E-state index contributed by atoms with van der Waals surface area (Å²) in [5.74, 6) is -0.867. The van der Waals surface area contributed by atoms with E-state index in [1.807, 2.05) is 91.0 Å². The van der Waals surface area contributed by atoms with Crippen molar-refractivity contribution >= 4 is 17.8 Å². The zero-order valence-corrected chi connectivity index (χ0v) is 20.8. The van der Waals surface area contributed by atoms with Crippen molar-refractivity contribution in [2.75, 3.05) is 0 Å². The van der Waals surface area contributed by atoms with Gasteiger partial charge in [-0.25, -0.2) is 9.78 Å². The molecule has 2 N–H and O–H groups in total. The van der Waals surface area contributed by atoms with Crippen molar-refractivity contribution in [3.63, 3.8) is 0 Å². The number of carbonyl (C=O) groups is 3. The number of Topliss-reactive ketones (excluding diaryl/α,β-unsaturated/α-hetero) is 1. The third-order valence-corrected chi connectivity index (χ3v) is 5.99. The van der Waals surface area contributed by atoms with Crippen molar-refractivity contribution < 1.29 is 23.5 Å². The molecule has 1 unspecified atom stereocenters. The maximum atomic E-state index is 13.5. The van der Waals surface area contributed by atoms with Crippen LogP contribution >= 0.6 is 0 Å². The summed E-state index contributed by atoms with van der Waals surface area (Å²) >= 11 is 0. The molecule has 2 amide bonds. The van der Waals surface area contributed by atoms with Gasteiger partial charge in [-0.2, -0.15) is 0 Å². The summed E-state index contributed by atoms with van der Waals surface area (Å²) < 4.78 is 10.3. The number of hydrogen-bond donors (Lipinski definition) is 2. The van der Waals surface area contributed by atoms with Crippen LogP contribution in [0.1, 0.15) is 33.6 Å². The van der Waals surface area contributed by atoms with Crippen LogP contribution in [-0.4, -0.2) is 34.9 Å². The van der Waals surface area contributed by atoms with Crippen molar-refractivity contribution in [3.8, 4) is 0 Å². The molecular weight excluding hydrogens is 482 g/mol. The van der Waals surface area contributed by atoms with Crippen LogP contribution in [-0.2, 0) is 29.0 Å². The van der Waals surface area contributed by atoms with Gasteiger partial charge < -0.3 is 19.8 Å². The number of benzene rings is 3. The molecule has 0 fully saturated rings. The topological polar surface area (TPSA) is 111 Å². The highest BCUT2D eigenvalue weighted by atomic mass is 16.5. The lowest BCUT2D eigenvalue weighted by molar-refractivity contribution is -0.123. The van der Waals surface area contributed by atoms with E-state index in [2.05, 4.69) is 15.6 Å². The third-order valence-electron chi connectivity index (χ3n) is 5.99. The Morgan fingerprint density at radius 1 is 0.763 bits per heavy atom. The smallest absolute Gasteiger partial charge is 0.408 e. The second-order valence-electron chi connectivity index (χ2n) is 8.77. The highest BCUT2D eigenvalue weighted by Gasteiger charge is 2.29. The molecule has 0 spiro atoms. The van der Waals surface area contributed by atoms with Gasteiger partial charge >= 0.3 is 6.09 Å². The minimum absolute atomic E-state index is 0.0662. The summed E-state index contributed by atoms with van der Waals surface area (Å²) in [6.07, 6.45) is 2.82. The van der Waals surface area contributed by atoms with Crippen LogP contribution < -0.4 is 10.6 Å². The number of ether oxygens (including phenoxy) is 1. The number of oxazole rings is 1. The molecule has 4 rings (SSSR count). The van der Waals surface area contributed by atoms with E-state index in [1.165, 1.54) is 12.7 Å². The molecule has 1 aromatic heterocycles. The number of aromatic nitrogens is 1. The molecule has 0 aliphatic rings. The molecule has 0 bridgehead atoms. The van der Waals surface area contributed by atoms with Crippen LogP contribution in [0.2, 0.25) is 0 Å². The van der Waals surface area contributed by atoms with Crippen molar-refractivity contribution in [2.45, 2.75) is 38.0 Å². The van der Waals surface area contributed by atoms with Crippen molar-refractivity contribution in [1.82, 2.24) is 15.6 Å². The molecule has 0 radical (unpaired) electrons. The number of rotatable bonds is 12. The number of aryl methyl sites for hydroxylation is 1. The second kappa shape index (κ2) is 13.5. The zero-order chi connectivity index (χ0) is 26.6. The monoisotopic (exact) mass is 511 g/mol. The van der Waals surface area contributed by atoms with E-state index in [0.29, 0.717) is 12.8 Å². The summed E-state index contributed by atoms with van der Waals surface area (Å²) in [6.45, 7) is 0.0662. The fraction of sp³-hybridized carbons (Fsp3) is 0.200. The standard InChI is InChI=1S/C30H29N3O5/c34-28(27-20-37-21-31-27)25(17-16-22-10-4-1-5-11-22)32-29(35)26(18-23-12-6-2-7-13-23)33-30(36)38-19-24-14-8-3-9-15-24/h1-15,20-21,25-26H,16-19H2,(H,32,35)(H,33,36)/t25?,26-/m0/s1. The Morgan fingerprint density at radius 3 is 1.97 bits per heavy atom. The van der Waals surface area contributed by atoms with E-state index in [1.54, 1.807) is 0 Å². The first-order valence-electron chi connectivity index (χ1n) is 12.4. The fourth-order valence-electron chi connectivity index (χ4n) is 3.98. The van der Waals surface area contributed by atoms with Crippen LogP contribution in [0.15, 0.2) is 108 Å². The van der Waals surface area contributed by atoms with Crippen LogP contribution in [0.25, 0.3) is 0 Å². The molecule has 0 aliphatic carbocycles. The SMILES string of the molecule is O=C(N[C@@H](Cc1ccccc1)C(=O)NC(CCc1ccccc1)C(=O)c1cocn1)OCc1ccccc1. The summed E-state index contributed by atoms with van der Waals surface area (Å²) in [7, 11) is 0. The molecule has 0 saturated carbocycles. The summed E-state index contributed by atoms with van der Waals surface area (Å²) in [4.78, 5) is 43.2. The van der Waals surface area contributed by atoms with Gasteiger partial charge in [0.2, 0.25) is 11.7 Å². The summed E-state index contributed by atoms with van der Waals surface area (Å²) in [5, 5.41) is 5.50. The number of carbonyl (C=O) groups excluding carboxylic acids is 3. The first-order chi connectivity index (χ1) is 18.6. The molecule has 8 nitrogen and oxygen atoms in total. The number of ketones is 1. The molecule has 3 aromatic carbocycles. The number of alkyl carbamates (subject to hydrolysis) is 1. The minimum Gasteiger partial charge on any atom is -0.451 e. The van der Waals surface area contributed by atoms with Gasteiger partial charge in [-0.15, -0.1) is 0 Å². The summed E-state index contributed by atoms with van der Waals surface area (Å²) in [6, 6.07) is 26.4. The molecule has 38 heavy (non-hydrogen) atoms. The van der Waals surface area contributed by atoms with Gasteiger partial charge in [0.15, 0.2) is 6.39 Å². The Balaban J connectivity index is 1.47. The molecule has 1 heterocycles. The van der Waals surface area contributed by atoms with Crippen LogP contribution in [0.5, 0.6) is 0 Å². The van der Waals surface area contributed by atoms with Gasteiger partial charge in [-0.3, -0.25) is 9.59 Å². The van der Waals surface area contributed by atoms with Crippen molar-refractivity contribution in [2.24, 2.45) is 0 Å². The van der Waals surface area contributed by atoms with Gasteiger partial charge in [0.05, 0.1) is 6.04 Å². The van der Waals surface area contributed by atoms with Gasteiger partial charge in [-0.05, 0) is 29.5 Å². The van der Waals surface area contributed by atoms with Crippen LogP contribution in [0.3, 0.4) is 0 Å². The largest absolute Gasteiger partial charge is 0.451 e. The number of amides is 2. The van der Waals surface area contributed by atoms with Gasteiger partial charge in [-0.1, -0.05) is 91.0 Å². The average Bonchev–Trinajstić information content (AvgIpc) is 3.50. The van der Waals surface area contributed by atoms with Gasteiger partial charge in [0, 0.05) is 6.42 Å². The highest BCUT2D eigenvalue weighted by molar-refractivity contribution is 6.01. The average molecular weight is 512 g/mol. The molecule has 4 aromatic rings. The lowest BCUT2D eigenvalue weighted by Crippen LogP contribution is -2.52. The van der Waals surface area contributed by atoms with E-state index >= 15 is 0 Å². The Kier molecular flexibility index (Phi) is 9.39. The first kappa shape index (κ1) is 26.3. The number of nitrogens with zero attached hydrogens (tertiary/aromatic N) is 1. The van der Waals surface area contributed by atoms with Crippen LogP contribution in [0, 0.1) is 0 Å². The predicted molar refractivity (Wildman–Crippen MR) is 141 cm³/mol. The molecule has 194 valence electrons. The maximum Gasteiger partial charge on any atom is 0.408 e. The van der Waals surface area contributed by atoms with E-state index in [4.69, 9.17) is 9.15 Å². The second-order valence-corrected chi connectivity index (χ2v) is 8.77. The third kappa shape index (κ3) is 7.89. The van der Waals surface area contributed by atoms with Gasteiger partial charge in [0.25, 0.3) is 0 Å². The van der Waals surface area contributed by atoms with Crippen molar-refractivity contribution in [3.05, 3.63) is 126 Å². The van der Waals surface area contributed by atoms with E-state index < -0.39 is 24.1 Å². The fourth-order valence-corrected chi connectivity index (χ4v) is 3.98. The zero-order valence-electron chi connectivity index (χ0n) is 20.8. The predicted octanol–water partition coefficient (Wildman–Crippen LogP) is 4.51. The quantitative estimate of drug-likeness (QED) is 0.271. The van der Waals surface area contributed by atoms with E-state index in [9.17, 15) is 14.4 Å². The molecule has 0 aliphatic heterocycles. The summed E-state index contributed by atoms with van der Waals surface area (Å²) in [5.41, 5.74) is 2.83. The molecule has 8 heteroatoms. The minimum atomic E-state index is -0.968. The number of nitrogens with one attached hydrogen (secondary N) is 2. The highest BCUT2D eigenvalue weighted by Crippen LogP contribution is 2.12. The van der Waals surface area contributed by atoms with E-state index in [0.717, 1.165) is 16.7 Å². The number of hydrogen-bond acceptors (Lipinski definition) is 6. The normalized spacial score (nSPS) is 12.2. The van der Waals surface area contributed by atoms with Gasteiger partial charge in [0.1, 0.15) is 24.6 Å². The molecule has 0 saturated heterocycles. The maximum absolute atomic E-state index is 13.5. The van der Waals surface area contributed by atoms with Crippen LogP contribution in [0.4, 0.5) is 4.79 Å². The Bertz CT molecular complexity index is 1300. The molecular formula is C30H29N3O5. The van der Waals surface area contributed by atoms with Crippen molar-refractivity contribution in [1.29, 1.82) is 0 Å². The Hall–Kier alpha value is -4.72. The Labute approximate surface area is 221 Å². The lowest BCUT2D eigenvalue weighted by Gasteiger charge is -2.22. The molecule has 2 atom stereocenters. The first-order valence-corrected chi connectivity index (χ1v) is 12.4.